The molecule has 0 saturated carbocycles. The van der Waals surface area contributed by atoms with Crippen LogP contribution in [0, 0.1) is 0 Å². The Morgan fingerprint density at radius 2 is 2.20 bits per heavy atom. The van der Waals surface area contributed by atoms with Gasteiger partial charge in [-0.2, -0.15) is 5.10 Å². The van der Waals surface area contributed by atoms with Crippen LogP contribution in [0.3, 0.4) is 0 Å². The van der Waals surface area contributed by atoms with E-state index in [0.717, 1.165) is 11.8 Å². The number of Topliss-reactive ketones (excluding diaryl/α,β-unsaturated/α-hetero) is 1. The van der Waals surface area contributed by atoms with Crippen LogP contribution in [0.15, 0.2) is 12.4 Å². The fraction of sp³-hybridized carbons (Fsp3) is 0.556. The SMILES string of the molecule is Cn1cc(CCC(=O)CS(C)(=O)=O)cn1. The van der Waals surface area contributed by atoms with Crippen molar-refractivity contribution in [1.82, 2.24) is 9.78 Å². The smallest absolute Gasteiger partial charge is 0.154 e. The number of hydrogen-bond donors (Lipinski definition) is 0. The van der Waals surface area contributed by atoms with Crippen LogP contribution in [-0.2, 0) is 28.1 Å². The van der Waals surface area contributed by atoms with E-state index in [9.17, 15) is 13.2 Å². The molecule has 0 unspecified atom stereocenters. The van der Waals surface area contributed by atoms with E-state index in [2.05, 4.69) is 5.10 Å². The van der Waals surface area contributed by atoms with Crippen LogP contribution >= 0.6 is 0 Å². The zero-order valence-corrected chi connectivity index (χ0v) is 9.62. The molecule has 0 aliphatic rings. The summed E-state index contributed by atoms with van der Waals surface area (Å²) in [7, 11) is -1.40. The van der Waals surface area contributed by atoms with Crippen molar-refractivity contribution >= 4 is 15.6 Å². The highest BCUT2D eigenvalue weighted by molar-refractivity contribution is 7.91. The number of aryl methyl sites for hydroxylation is 2. The minimum absolute atomic E-state index is 0.249. The Kier molecular flexibility index (Phi) is 3.62. The number of carbonyl (C=O) groups is 1. The first-order valence-corrected chi connectivity index (χ1v) is 6.60. The molecule has 1 heterocycles. The molecule has 0 fully saturated rings. The van der Waals surface area contributed by atoms with Crippen LogP contribution in [0.4, 0.5) is 0 Å². The van der Waals surface area contributed by atoms with Crippen LogP contribution in [0.1, 0.15) is 12.0 Å². The van der Waals surface area contributed by atoms with E-state index < -0.39 is 9.84 Å². The average Bonchev–Trinajstić information content (AvgIpc) is 2.45. The molecular weight excluding hydrogens is 216 g/mol. The van der Waals surface area contributed by atoms with Gasteiger partial charge in [0.25, 0.3) is 0 Å². The maximum absolute atomic E-state index is 11.2. The summed E-state index contributed by atoms with van der Waals surface area (Å²) in [6.07, 6.45) is 5.34. The van der Waals surface area contributed by atoms with E-state index in [-0.39, 0.29) is 18.0 Å². The maximum atomic E-state index is 11.2. The van der Waals surface area contributed by atoms with Gasteiger partial charge < -0.3 is 0 Å². The van der Waals surface area contributed by atoms with E-state index in [1.165, 1.54) is 0 Å². The van der Waals surface area contributed by atoms with E-state index in [1.54, 1.807) is 17.9 Å². The Morgan fingerprint density at radius 3 is 2.67 bits per heavy atom. The molecule has 0 atom stereocenters. The highest BCUT2D eigenvalue weighted by Crippen LogP contribution is 2.02. The van der Waals surface area contributed by atoms with Gasteiger partial charge in [0, 0.05) is 25.9 Å². The standard InChI is InChI=1S/C9H14N2O3S/c1-11-6-8(5-10-11)3-4-9(12)7-15(2,13)14/h5-6H,3-4,7H2,1-2H3. The zero-order chi connectivity index (χ0) is 11.5. The van der Waals surface area contributed by atoms with Crippen LogP contribution in [0.25, 0.3) is 0 Å². The third kappa shape index (κ3) is 4.73. The van der Waals surface area contributed by atoms with Crippen molar-refractivity contribution in [3.63, 3.8) is 0 Å². The van der Waals surface area contributed by atoms with Gasteiger partial charge in [-0.25, -0.2) is 8.42 Å². The quantitative estimate of drug-likeness (QED) is 0.712. The molecule has 0 spiro atoms. The lowest BCUT2D eigenvalue weighted by atomic mass is 10.1. The first-order chi connectivity index (χ1) is 6.87. The molecule has 5 nitrogen and oxygen atoms in total. The van der Waals surface area contributed by atoms with Gasteiger partial charge >= 0.3 is 0 Å². The molecule has 84 valence electrons. The summed E-state index contributed by atoms with van der Waals surface area (Å²) in [5.74, 6) is -0.617. The molecule has 0 saturated heterocycles. The monoisotopic (exact) mass is 230 g/mol. The van der Waals surface area contributed by atoms with Crippen molar-refractivity contribution in [2.45, 2.75) is 12.8 Å². The number of hydrogen-bond acceptors (Lipinski definition) is 4. The van der Waals surface area contributed by atoms with Gasteiger partial charge in [0.2, 0.25) is 0 Å². The molecule has 0 aliphatic heterocycles. The number of nitrogens with zero attached hydrogens (tertiary/aromatic N) is 2. The zero-order valence-electron chi connectivity index (χ0n) is 8.80. The van der Waals surface area contributed by atoms with Gasteiger partial charge in [-0.3, -0.25) is 9.48 Å². The number of rotatable bonds is 5. The number of sulfone groups is 1. The van der Waals surface area contributed by atoms with Gasteiger partial charge in [-0.1, -0.05) is 0 Å². The minimum Gasteiger partial charge on any atom is -0.299 e. The summed E-state index contributed by atoms with van der Waals surface area (Å²) in [5, 5.41) is 3.96. The van der Waals surface area contributed by atoms with Gasteiger partial charge in [-0.15, -0.1) is 0 Å². The van der Waals surface area contributed by atoms with Crippen LogP contribution < -0.4 is 0 Å². The second-order valence-corrected chi connectivity index (χ2v) is 5.77. The van der Waals surface area contributed by atoms with Crippen molar-refractivity contribution < 1.29 is 13.2 Å². The van der Waals surface area contributed by atoms with Crippen molar-refractivity contribution in [1.29, 1.82) is 0 Å². The fourth-order valence-electron chi connectivity index (χ4n) is 1.25. The average molecular weight is 230 g/mol. The largest absolute Gasteiger partial charge is 0.299 e. The molecule has 0 bridgehead atoms. The second-order valence-electron chi connectivity index (χ2n) is 3.63. The number of ketones is 1. The molecule has 0 aliphatic carbocycles. The predicted octanol–water partition coefficient (Wildman–Crippen LogP) is -0.0336. The topological polar surface area (TPSA) is 69.0 Å². The molecule has 6 heteroatoms. The van der Waals surface area contributed by atoms with Crippen molar-refractivity contribution in [2.24, 2.45) is 7.05 Å². The second kappa shape index (κ2) is 4.57. The fourth-order valence-corrected chi connectivity index (χ4v) is 1.98. The lowest BCUT2D eigenvalue weighted by Gasteiger charge is -1.97. The molecule has 1 rings (SSSR count). The third-order valence-electron chi connectivity index (χ3n) is 1.87. The molecule has 15 heavy (non-hydrogen) atoms. The van der Waals surface area contributed by atoms with Gasteiger partial charge in [-0.05, 0) is 12.0 Å². The summed E-state index contributed by atoms with van der Waals surface area (Å²) in [6, 6.07) is 0. The minimum atomic E-state index is -3.19. The molecule has 0 amide bonds. The van der Waals surface area contributed by atoms with E-state index in [4.69, 9.17) is 0 Å². The molecule has 1 aromatic rings. The predicted molar refractivity (Wildman–Crippen MR) is 56.2 cm³/mol. The summed E-state index contributed by atoms with van der Waals surface area (Å²) in [6.45, 7) is 0. The van der Waals surface area contributed by atoms with Crippen LogP contribution in [0.2, 0.25) is 0 Å². The molecule has 0 radical (unpaired) electrons. The molecule has 1 aromatic heterocycles. The Balaban J connectivity index is 2.41. The highest BCUT2D eigenvalue weighted by atomic mass is 32.2. The van der Waals surface area contributed by atoms with Crippen LogP contribution in [-0.4, -0.2) is 36.0 Å². The molecule has 0 N–H and O–H groups in total. The van der Waals surface area contributed by atoms with Crippen LogP contribution in [0.5, 0.6) is 0 Å². The van der Waals surface area contributed by atoms with Crippen molar-refractivity contribution in [3.05, 3.63) is 18.0 Å². The summed E-state index contributed by atoms with van der Waals surface area (Å²) in [4.78, 5) is 11.2. The lowest BCUT2D eigenvalue weighted by Crippen LogP contribution is -2.14. The normalized spacial score (nSPS) is 11.6. The van der Waals surface area contributed by atoms with Crippen molar-refractivity contribution in [2.75, 3.05) is 12.0 Å². The first kappa shape index (κ1) is 11.9. The van der Waals surface area contributed by atoms with Gasteiger partial charge in [0.15, 0.2) is 9.84 Å². The lowest BCUT2D eigenvalue weighted by molar-refractivity contribution is -0.116. The Hall–Kier alpha value is -1.17. The Bertz CT molecular complexity index is 448. The van der Waals surface area contributed by atoms with E-state index in [0.29, 0.717) is 6.42 Å². The highest BCUT2D eigenvalue weighted by Gasteiger charge is 2.11. The summed E-state index contributed by atoms with van der Waals surface area (Å²) < 4.78 is 23.3. The summed E-state index contributed by atoms with van der Waals surface area (Å²) in [5.41, 5.74) is 0.944. The number of aromatic nitrogens is 2. The van der Waals surface area contributed by atoms with E-state index in [1.807, 2.05) is 6.20 Å². The molecule has 0 aromatic carbocycles. The van der Waals surface area contributed by atoms with Gasteiger partial charge in [0.05, 0.1) is 6.20 Å². The maximum Gasteiger partial charge on any atom is 0.154 e. The first-order valence-electron chi connectivity index (χ1n) is 4.54. The third-order valence-corrected chi connectivity index (χ3v) is 2.72. The molecular formula is C9H14N2O3S. The van der Waals surface area contributed by atoms with E-state index >= 15 is 0 Å². The number of carbonyl (C=O) groups excluding carboxylic acids is 1. The summed E-state index contributed by atoms with van der Waals surface area (Å²) >= 11 is 0. The Labute approximate surface area is 89.0 Å². The Morgan fingerprint density at radius 1 is 1.53 bits per heavy atom. The van der Waals surface area contributed by atoms with Crippen molar-refractivity contribution in [3.8, 4) is 0 Å². The van der Waals surface area contributed by atoms with Gasteiger partial charge in [0.1, 0.15) is 11.5 Å².